The molecule has 0 unspecified atom stereocenters. The van der Waals surface area contributed by atoms with Crippen molar-refractivity contribution in [3.8, 4) is 0 Å². The molecule has 1 saturated heterocycles. The van der Waals surface area contributed by atoms with E-state index < -0.39 is 40.7 Å². The first-order valence-electron chi connectivity index (χ1n) is 15.1. The molecule has 4 N–H and O–H groups in total. The Morgan fingerprint density at radius 2 is 1.93 bits per heavy atom. The zero-order valence-corrected chi connectivity index (χ0v) is 27.0. The van der Waals surface area contributed by atoms with Crippen LogP contribution in [0.25, 0.3) is 0 Å². The van der Waals surface area contributed by atoms with Crippen LogP contribution in [0.5, 0.6) is 0 Å². The summed E-state index contributed by atoms with van der Waals surface area (Å²) >= 11 is 12.6. The van der Waals surface area contributed by atoms with Crippen molar-refractivity contribution in [1.82, 2.24) is 15.6 Å². The molecule has 0 bridgehead atoms. The second-order valence-electron chi connectivity index (χ2n) is 13.1. The van der Waals surface area contributed by atoms with Crippen molar-refractivity contribution in [2.24, 2.45) is 5.41 Å². The van der Waals surface area contributed by atoms with Crippen LogP contribution in [0.15, 0.2) is 30.3 Å². The molecule has 9 nitrogen and oxygen atoms in total. The number of benzene rings is 1. The molecule has 2 aromatic rings. The maximum atomic E-state index is 16.1. The average Bonchev–Trinajstić information content (AvgIpc) is 3.44. The lowest BCUT2D eigenvalue weighted by Crippen LogP contribution is -2.61. The molecule has 240 valence electrons. The maximum Gasteiger partial charge on any atom is 0.238 e. The number of anilines is 1. The molecule has 2 amide bonds. The summed E-state index contributed by atoms with van der Waals surface area (Å²) in [5.74, 6) is -2.11. The van der Waals surface area contributed by atoms with Crippen molar-refractivity contribution >= 4 is 40.8 Å². The Kier molecular flexibility index (Phi) is 9.62. The second-order valence-corrected chi connectivity index (χ2v) is 13.9. The monoisotopic (exact) mass is 650 g/mol. The number of hydrogen-bond donors (Lipinski definition) is 4. The number of aliphatic hydroxyl groups is 1. The molecule has 1 aromatic carbocycles. The van der Waals surface area contributed by atoms with Gasteiger partial charge in [-0.15, -0.1) is 0 Å². The first-order valence-corrected chi connectivity index (χ1v) is 15.9. The van der Waals surface area contributed by atoms with Gasteiger partial charge in [0.25, 0.3) is 0 Å². The van der Waals surface area contributed by atoms with E-state index in [0.29, 0.717) is 30.6 Å². The summed E-state index contributed by atoms with van der Waals surface area (Å²) in [6.07, 6.45) is 2.95. The summed E-state index contributed by atoms with van der Waals surface area (Å²) in [5.41, 5.74) is -1.53. The predicted octanol–water partition coefficient (Wildman–Crippen LogP) is 4.73. The molecule has 3 aliphatic rings. The Bertz CT molecular complexity index is 1400. The van der Waals surface area contributed by atoms with E-state index in [0.717, 1.165) is 12.8 Å². The third kappa shape index (κ3) is 5.74. The number of nitrogens with zero attached hydrogens (tertiary/aromatic N) is 1. The van der Waals surface area contributed by atoms with Gasteiger partial charge in [0.05, 0.1) is 43.0 Å². The van der Waals surface area contributed by atoms with Gasteiger partial charge >= 0.3 is 0 Å². The van der Waals surface area contributed by atoms with Crippen LogP contribution in [0.4, 0.5) is 10.2 Å². The van der Waals surface area contributed by atoms with Crippen LogP contribution in [0, 0.1) is 11.2 Å². The summed E-state index contributed by atoms with van der Waals surface area (Å²) < 4.78 is 27.2. The van der Waals surface area contributed by atoms with Crippen molar-refractivity contribution < 1.29 is 28.6 Å². The van der Waals surface area contributed by atoms with Crippen LogP contribution in [-0.4, -0.2) is 72.6 Å². The summed E-state index contributed by atoms with van der Waals surface area (Å²) in [4.78, 5) is 33.4. The highest BCUT2D eigenvalue weighted by atomic mass is 35.5. The van der Waals surface area contributed by atoms with Crippen molar-refractivity contribution in [2.75, 3.05) is 32.2 Å². The molecular formula is C32H41Cl2FN4O5. The van der Waals surface area contributed by atoms with Gasteiger partial charge in [-0.25, -0.2) is 9.37 Å². The van der Waals surface area contributed by atoms with E-state index in [1.807, 2.05) is 6.92 Å². The number of pyridine rings is 1. The minimum Gasteiger partial charge on any atom is -0.394 e. The SMILES string of the molecule is CO[C@H](C)C[C@H](COCCO)NC(=O)[C@@H]1NC2(CCC(C)(C)CC2)[C@@]2(C(=O)Nc3nc(Cl)ccc32)[C@H]1c1cccc(Cl)c1F. The highest BCUT2D eigenvalue weighted by Gasteiger charge is 2.73. The van der Waals surface area contributed by atoms with E-state index >= 15 is 4.39 Å². The van der Waals surface area contributed by atoms with Gasteiger partial charge in [0, 0.05) is 24.1 Å². The van der Waals surface area contributed by atoms with Crippen LogP contribution >= 0.6 is 23.2 Å². The summed E-state index contributed by atoms with van der Waals surface area (Å²) in [7, 11) is 1.59. The van der Waals surface area contributed by atoms with Gasteiger partial charge < -0.3 is 25.2 Å². The zero-order chi connectivity index (χ0) is 31.9. The highest BCUT2D eigenvalue weighted by molar-refractivity contribution is 6.31. The standard InChI is InChI=1S/C32H41Cl2FN4O5/c1-18(43-4)16-19(17-44-15-14-40)36-28(41)26-24(20-6-5-7-22(33)25(20)35)32(31(39-26)12-10-30(2,3)11-13-31)21-8-9-23(34)37-27(21)38-29(32)42/h5-9,18-19,24,26,39-40H,10-17H2,1-4H3,(H,36,41)(H,37,38,42)/t18-,19-,24+,26-,32-/m1/s1. The Balaban J connectivity index is 1.67. The normalized spacial score (nSPS) is 26.4. The van der Waals surface area contributed by atoms with Crippen molar-refractivity contribution in [3.05, 3.63) is 57.5 Å². The van der Waals surface area contributed by atoms with E-state index in [4.69, 9.17) is 32.7 Å². The summed E-state index contributed by atoms with van der Waals surface area (Å²) in [6.45, 7) is 6.36. The largest absolute Gasteiger partial charge is 0.394 e. The molecule has 12 heteroatoms. The van der Waals surface area contributed by atoms with E-state index in [1.54, 1.807) is 31.4 Å². The first kappa shape index (κ1) is 33.0. The zero-order valence-electron chi connectivity index (χ0n) is 25.5. The number of methoxy groups -OCH3 is 1. The Morgan fingerprint density at radius 3 is 2.61 bits per heavy atom. The van der Waals surface area contributed by atoms with Gasteiger partial charge in [0.1, 0.15) is 22.2 Å². The molecule has 5 rings (SSSR count). The van der Waals surface area contributed by atoms with Crippen LogP contribution in [0.3, 0.4) is 0 Å². The number of ether oxygens (including phenoxy) is 2. The van der Waals surface area contributed by atoms with Gasteiger partial charge in [-0.05, 0) is 62.1 Å². The van der Waals surface area contributed by atoms with E-state index in [-0.39, 0.29) is 53.0 Å². The average molecular weight is 652 g/mol. The number of nitrogens with one attached hydrogen (secondary N) is 3. The third-order valence-electron chi connectivity index (χ3n) is 9.84. The topological polar surface area (TPSA) is 122 Å². The number of carbonyl (C=O) groups is 2. The number of fused-ring (bicyclic) bond motifs is 3. The number of rotatable bonds is 10. The van der Waals surface area contributed by atoms with Gasteiger partial charge in [-0.3, -0.25) is 14.9 Å². The smallest absolute Gasteiger partial charge is 0.238 e. The predicted molar refractivity (Wildman–Crippen MR) is 167 cm³/mol. The molecule has 1 saturated carbocycles. The summed E-state index contributed by atoms with van der Waals surface area (Å²) in [5, 5.41) is 19.0. The van der Waals surface area contributed by atoms with E-state index in [1.165, 1.54) is 6.07 Å². The van der Waals surface area contributed by atoms with Gasteiger partial charge in [0.2, 0.25) is 11.8 Å². The van der Waals surface area contributed by atoms with E-state index in [2.05, 4.69) is 34.8 Å². The minimum atomic E-state index is -1.40. The molecule has 2 fully saturated rings. The molecule has 1 aliphatic carbocycles. The molecule has 1 aromatic heterocycles. The molecule has 2 aliphatic heterocycles. The first-order chi connectivity index (χ1) is 20.9. The van der Waals surface area contributed by atoms with E-state index in [9.17, 15) is 14.7 Å². The van der Waals surface area contributed by atoms with Crippen LogP contribution in [-0.2, 0) is 24.5 Å². The van der Waals surface area contributed by atoms with Gasteiger partial charge in [0.15, 0.2) is 0 Å². The molecular weight excluding hydrogens is 610 g/mol. The third-order valence-corrected chi connectivity index (χ3v) is 10.3. The number of aliphatic hydroxyl groups excluding tert-OH is 1. The fraction of sp³-hybridized carbons (Fsp3) is 0.594. The lowest BCUT2D eigenvalue weighted by atomic mass is 9.53. The lowest BCUT2D eigenvalue weighted by Gasteiger charge is -2.50. The fourth-order valence-corrected chi connectivity index (χ4v) is 7.86. The number of amides is 2. The number of aromatic nitrogens is 1. The van der Waals surface area contributed by atoms with Crippen molar-refractivity contribution in [1.29, 1.82) is 0 Å². The van der Waals surface area contributed by atoms with Gasteiger partial charge in [-0.2, -0.15) is 0 Å². The number of hydrogen-bond acceptors (Lipinski definition) is 7. The lowest BCUT2D eigenvalue weighted by molar-refractivity contribution is -0.125. The maximum absolute atomic E-state index is 16.1. The van der Waals surface area contributed by atoms with Crippen molar-refractivity contribution in [3.63, 3.8) is 0 Å². The highest BCUT2D eigenvalue weighted by Crippen LogP contribution is 2.63. The van der Waals surface area contributed by atoms with Crippen LogP contribution in [0.2, 0.25) is 10.2 Å². The van der Waals surface area contributed by atoms with Gasteiger partial charge in [-0.1, -0.05) is 55.2 Å². The molecule has 5 atom stereocenters. The molecule has 44 heavy (non-hydrogen) atoms. The Labute approximate surface area is 267 Å². The van der Waals surface area contributed by atoms with Crippen LogP contribution < -0.4 is 16.0 Å². The number of carbonyl (C=O) groups excluding carboxylic acids is 2. The summed E-state index contributed by atoms with van der Waals surface area (Å²) in [6, 6.07) is 6.60. The molecule has 0 radical (unpaired) electrons. The van der Waals surface area contributed by atoms with Crippen molar-refractivity contribution in [2.45, 2.75) is 87.9 Å². The Morgan fingerprint density at radius 1 is 1.20 bits per heavy atom. The number of halogens is 3. The minimum absolute atomic E-state index is 0.0207. The molecule has 2 spiro atoms. The quantitative estimate of drug-likeness (QED) is 0.217. The Hall–Kier alpha value is -2.34. The molecule has 3 heterocycles. The fourth-order valence-electron chi connectivity index (χ4n) is 7.53. The second kappa shape index (κ2) is 12.8. The van der Waals surface area contributed by atoms with Crippen LogP contribution in [0.1, 0.15) is 69.9 Å².